The van der Waals surface area contributed by atoms with Gasteiger partial charge in [0.15, 0.2) is 5.78 Å². The van der Waals surface area contributed by atoms with Gasteiger partial charge in [0.25, 0.3) is 0 Å². The summed E-state index contributed by atoms with van der Waals surface area (Å²) in [5.41, 5.74) is 5.60. The number of carbonyl (C=O) groups is 2. The smallest absolute Gasteiger partial charge is 0.164 e. The van der Waals surface area contributed by atoms with E-state index in [4.69, 9.17) is 17.3 Å². The molecule has 0 aliphatic carbocycles. The SMILES string of the molecule is CCC(=O)CCC(=O)c1cc(N)cc(F)c1Cl. The third-order valence-electron chi connectivity index (χ3n) is 2.38. The van der Waals surface area contributed by atoms with Crippen molar-refractivity contribution in [2.75, 3.05) is 5.73 Å². The van der Waals surface area contributed by atoms with Crippen molar-refractivity contribution in [3.8, 4) is 0 Å². The molecule has 0 aromatic heterocycles. The Hall–Kier alpha value is -1.42. The van der Waals surface area contributed by atoms with Gasteiger partial charge >= 0.3 is 0 Å². The lowest BCUT2D eigenvalue weighted by molar-refractivity contribution is -0.118. The van der Waals surface area contributed by atoms with Crippen LogP contribution in [0.25, 0.3) is 0 Å². The second-order valence-corrected chi connectivity index (χ2v) is 4.06. The molecule has 0 saturated carbocycles. The van der Waals surface area contributed by atoms with Crippen LogP contribution in [0.5, 0.6) is 0 Å². The number of hydrogen-bond acceptors (Lipinski definition) is 3. The van der Waals surface area contributed by atoms with E-state index < -0.39 is 5.82 Å². The molecule has 1 aromatic carbocycles. The van der Waals surface area contributed by atoms with E-state index in [0.29, 0.717) is 6.42 Å². The van der Waals surface area contributed by atoms with Crippen molar-refractivity contribution in [1.82, 2.24) is 0 Å². The van der Waals surface area contributed by atoms with E-state index in [1.807, 2.05) is 0 Å². The fourth-order valence-corrected chi connectivity index (χ4v) is 1.59. The number of Topliss-reactive ketones (excluding diaryl/α,β-unsaturated/α-hetero) is 2. The van der Waals surface area contributed by atoms with Crippen LogP contribution < -0.4 is 5.73 Å². The first-order chi connectivity index (χ1) is 7.95. The zero-order valence-electron chi connectivity index (χ0n) is 9.43. The van der Waals surface area contributed by atoms with Crippen LogP contribution in [0, 0.1) is 5.82 Å². The predicted octanol–water partition coefficient (Wildman–Crippen LogP) is 3.00. The third kappa shape index (κ3) is 3.53. The molecule has 0 unspecified atom stereocenters. The maximum Gasteiger partial charge on any atom is 0.164 e. The van der Waals surface area contributed by atoms with Crippen LogP contribution in [0.15, 0.2) is 12.1 Å². The van der Waals surface area contributed by atoms with Crippen molar-refractivity contribution in [2.45, 2.75) is 26.2 Å². The molecule has 0 aliphatic heterocycles. The van der Waals surface area contributed by atoms with E-state index >= 15 is 0 Å². The van der Waals surface area contributed by atoms with Crippen molar-refractivity contribution < 1.29 is 14.0 Å². The van der Waals surface area contributed by atoms with Crippen molar-refractivity contribution in [2.24, 2.45) is 0 Å². The summed E-state index contributed by atoms with van der Waals surface area (Å²) in [6.45, 7) is 1.72. The first-order valence-corrected chi connectivity index (χ1v) is 5.63. The molecular formula is C12H13ClFNO2. The van der Waals surface area contributed by atoms with E-state index in [9.17, 15) is 14.0 Å². The van der Waals surface area contributed by atoms with Gasteiger partial charge in [-0.1, -0.05) is 18.5 Å². The highest BCUT2D eigenvalue weighted by molar-refractivity contribution is 6.34. The largest absolute Gasteiger partial charge is 0.399 e. The summed E-state index contributed by atoms with van der Waals surface area (Å²) in [7, 11) is 0. The Balaban J connectivity index is 2.86. The molecule has 0 heterocycles. The number of rotatable bonds is 5. The molecule has 5 heteroatoms. The third-order valence-corrected chi connectivity index (χ3v) is 2.76. The van der Waals surface area contributed by atoms with E-state index in [-0.39, 0.29) is 40.7 Å². The molecule has 92 valence electrons. The molecule has 0 bridgehead atoms. The van der Waals surface area contributed by atoms with Crippen LogP contribution in [-0.2, 0) is 4.79 Å². The lowest BCUT2D eigenvalue weighted by Gasteiger charge is -2.05. The maximum atomic E-state index is 13.2. The summed E-state index contributed by atoms with van der Waals surface area (Å²) >= 11 is 5.67. The van der Waals surface area contributed by atoms with Crippen LogP contribution in [0.2, 0.25) is 5.02 Å². The molecule has 0 spiro atoms. The Labute approximate surface area is 104 Å². The van der Waals surface area contributed by atoms with Crippen LogP contribution >= 0.6 is 11.6 Å². The van der Waals surface area contributed by atoms with Gasteiger partial charge in [0.1, 0.15) is 11.6 Å². The van der Waals surface area contributed by atoms with Gasteiger partial charge in [0.2, 0.25) is 0 Å². The van der Waals surface area contributed by atoms with Crippen molar-refractivity contribution in [3.05, 3.63) is 28.5 Å². The molecule has 0 aliphatic rings. The summed E-state index contributed by atoms with van der Waals surface area (Å²) in [6, 6.07) is 2.38. The highest BCUT2D eigenvalue weighted by atomic mass is 35.5. The molecule has 1 aromatic rings. The summed E-state index contributed by atoms with van der Waals surface area (Å²) in [6.07, 6.45) is 0.545. The summed E-state index contributed by atoms with van der Waals surface area (Å²) < 4.78 is 13.2. The van der Waals surface area contributed by atoms with E-state index in [1.165, 1.54) is 6.07 Å². The zero-order valence-corrected chi connectivity index (χ0v) is 10.2. The molecule has 0 saturated heterocycles. The number of anilines is 1. The maximum absolute atomic E-state index is 13.2. The van der Waals surface area contributed by atoms with Crippen LogP contribution in [-0.4, -0.2) is 11.6 Å². The molecule has 2 N–H and O–H groups in total. The summed E-state index contributed by atoms with van der Waals surface area (Å²) in [4.78, 5) is 22.8. The summed E-state index contributed by atoms with van der Waals surface area (Å²) in [5.74, 6) is -1.11. The molecular weight excluding hydrogens is 245 g/mol. The summed E-state index contributed by atoms with van der Waals surface area (Å²) in [5, 5.41) is -0.242. The van der Waals surface area contributed by atoms with Gasteiger partial charge in [-0.2, -0.15) is 0 Å². The predicted molar refractivity (Wildman–Crippen MR) is 64.7 cm³/mol. The topological polar surface area (TPSA) is 60.2 Å². The van der Waals surface area contributed by atoms with Gasteiger partial charge in [-0.3, -0.25) is 9.59 Å². The minimum absolute atomic E-state index is 0.0150. The number of nitrogens with two attached hydrogens (primary N) is 1. The first kappa shape index (κ1) is 13.6. The van der Waals surface area contributed by atoms with E-state index in [0.717, 1.165) is 6.07 Å². The second kappa shape index (κ2) is 5.77. The van der Waals surface area contributed by atoms with Crippen molar-refractivity contribution in [1.29, 1.82) is 0 Å². The Kier molecular flexibility index (Phi) is 4.63. The van der Waals surface area contributed by atoms with E-state index in [2.05, 4.69) is 0 Å². The fraction of sp³-hybridized carbons (Fsp3) is 0.333. The lowest BCUT2D eigenvalue weighted by Crippen LogP contribution is -2.06. The first-order valence-electron chi connectivity index (χ1n) is 5.25. The molecule has 0 radical (unpaired) electrons. The number of nitrogen functional groups attached to an aromatic ring is 1. The second-order valence-electron chi connectivity index (χ2n) is 3.68. The molecule has 17 heavy (non-hydrogen) atoms. The van der Waals surface area contributed by atoms with Crippen molar-refractivity contribution in [3.63, 3.8) is 0 Å². The highest BCUT2D eigenvalue weighted by Gasteiger charge is 2.15. The van der Waals surface area contributed by atoms with Gasteiger partial charge in [0, 0.05) is 30.5 Å². The van der Waals surface area contributed by atoms with Crippen LogP contribution in [0.3, 0.4) is 0 Å². The van der Waals surface area contributed by atoms with Gasteiger partial charge in [-0.25, -0.2) is 4.39 Å². The molecule has 0 atom stereocenters. The minimum Gasteiger partial charge on any atom is -0.399 e. The minimum atomic E-state index is -0.725. The number of carbonyl (C=O) groups excluding carboxylic acids is 2. The number of benzene rings is 1. The Morgan fingerprint density at radius 2 is 2.00 bits per heavy atom. The Morgan fingerprint density at radius 1 is 1.35 bits per heavy atom. The quantitative estimate of drug-likeness (QED) is 0.652. The highest BCUT2D eigenvalue weighted by Crippen LogP contribution is 2.24. The Morgan fingerprint density at radius 3 is 2.59 bits per heavy atom. The zero-order chi connectivity index (χ0) is 13.0. The average Bonchev–Trinajstić information content (AvgIpc) is 2.30. The number of hydrogen-bond donors (Lipinski definition) is 1. The van der Waals surface area contributed by atoms with Crippen LogP contribution in [0.4, 0.5) is 10.1 Å². The van der Waals surface area contributed by atoms with Gasteiger partial charge < -0.3 is 5.73 Å². The fourth-order valence-electron chi connectivity index (χ4n) is 1.38. The van der Waals surface area contributed by atoms with E-state index in [1.54, 1.807) is 6.92 Å². The monoisotopic (exact) mass is 257 g/mol. The standard InChI is InChI=1S/C12H13ClFNO2/c1-2-8(16)3-4-11(17)9-5-7(15)6-10(14)12(9)13/h5-6H,2-4,15H2,1H3. The molecule has 0 amide bonds. The van der Waals surface area contributed by atoms with Gasteiger partial charge in [-0.15, -0.1) is 0 Å². The molecule has 0 fully saturated rings. The normalized spacial score (nSPS) is 10.3. The molecule has 1 rings (SSSR count). The van der Waals surface area contributed by atoms with Crippen molar-refractivity contribution >= 4 is 28.9 Å². The lowest BCUT2D eigenvalue weighted by atomic mass is 10.0. The van der Waals surface area contributed by atoms with Gasteiger partial charge in [0.05, 0.1) is 5.02 Å². The van der Waals surface area contributed by atoms with Crippen LogP contribution in [0.1, 0.15) is 36.5 Å². The average molecular weight is 258 g/mol. The Bertz CT molecular complexity index is 460. The molecule has 3 nitrogen and oxygen atoms in total. The number of halogens is 2. The van der Waals surface area contributed by atoms with Gasteiger partial charge in [-0.05, 0) is 12.1 Å². The number of ketones is 2.